The van der Waals surface area contributed by atoms with E-state index in [0.29, 0.717) is 15.9 Å². The van der Waals surface area contributed by atoms with E-state index < -0.39 is 5.97 Å². The van der Waals surface area contributed by atoms with Crippen molar-refractivity contribution in [3.8, 4) is 0 Å². The summed E-state index contributed by atoms with van der Waals surface area (Å²) in [4.78, 5) is 16.6. The number of imidazole rings is 1. The normalized spacial score (nSPS) is 16.7. The van der Waals surface area contributed by atoms with Crippen LogP contribution in [0.3, 0.4) is 0 Å². The number of carboxylic acid groups (broad SMARTS) is 1. The minimum Gasteiger partial charge on any atom is -0.477 e. The molecule has 0 aliphatic carbocycles. The summed E-state index contributed by atoms with van der Waals surface area (Å²) < 4.78 is 7.45. The van der Waals surface area contributed by atoms with Crippen molar-refractivity contribution in [1.82, 2.24) is 14.7 Å². The third kappa shape index (κ3) is 4.07. The minimum absolute atomic E-state index is 0. The second kappa shape index (κ2) is 8.33. The van der Waals surface area contributed by atoms with Gasteiger partial charge in [0, 0.05) is 25.9 Å². The molecular formula is C16H19Cl2N3O3S. The highest BCUT2D eigenvalue weighted by atomic mass is 35.5. The zero-order valence-electron chi connectivity index (χ0n) is 13.3. The highest BCUT2D eigenvalue weighted by molar-refractivity contribution is 7.18. The van der Waals surface area contributed by atoms with Crippen molar-refractivity contribution >= 4 is 58.1 Å². The predicted molar refractivity (Wildman–Crippen MR) is 103 cm³/mol. The molecule has 2 aromatic heterocycles. The van der Waals surface area contributed by atoms with Gasteiger partial charge in [-0.1, -0.05) is 17.4 Å². The Bertz CT molecular complexity index is 874. The molecule has 2 N–H and O–H groups in total. The van der Waals surface area contributed by atoms with Gasteiger partial charge in [0.25, 0.3) is 0 Å². The SMILES string of the molecule is Cl.Cl.O=C(O)c1cn2c(nc3ccc(CNC[C@H]4CCCO4)cc32)s1. The van der Waals surface area contributed by atoms with Crippen molar-refractivity contribution in [1.29, 1.82) is 0 Å². The van der Waals surface area contributed by atoms with Gasteiger partial charge in [0.05, 0.1) is 17.1 Å². The zero-order chi connectivity index (χ0) is 15.8. The van der Waals surface area contributed by atoms with Gasteiger partial charge in [0.15, 0.2) is 4.96 Å². The van der Waals surface area contributed by atoms with Crippen molar-refractivity contribution in [3.05, 3.63) is 34.8 Å². The average Bonchev–Trinajstić information content (AvgIpc) is 3.22. The van der Waals surface area contributed by atoms with E-state index in [1.165, 1.54) is 11.3 Å². The monoisotopic (exact) mass is 403 g/mol. The number of thiazole rings is 1. The van der Waals surface area contributed by atoms with E-state index in [1.54, 1.807) is 6.20 Å². The van der Waals surface area contributed by atoms with Gasteiger partial charge in [0.1, 0.15) is 4.88 Å². The third-order valence-corrected chi connectivity index (χ3v) is 5.08. The number of ether oxygens (including phenoxy) is 1. The highest BCUT2D eigenvalue weighted by Gasteiger charge is 2.15. The van der Waals surface area contributed by atoms with E-state index in [0.717, 1.165) is 49.1 Å². The molecule has 4 rings (SSSR count). The minimum atomic E-state index is -0.914. The maximum absolute atomic E-state index is 11.1. The van der Waals surface area contributed by atoms with Gasteiger partial charge in [-0.2, -0.15) is 0 Å². The summed E-state index contributed by atoms with van der Waals surface area (Å²) in [6, 6.07) is 6.11. The summed E-state index contributed by atoms with van der Waals surface area (Å²) in [6.07, 6.45) is 4.25. The van der Waals surface area contributed by atoms with Crippen LogP contribution in [0.5, 0.6) is 0 Å². The molecule has 136 valence electrons. The first-order valence-electron chi connectivity index (χ1n) is 7.67. The van der Waals surface area contributed by atoms with E-state index in [9.17, 15) is 4.79 Å². The van der Waals surface area contributed by atoms with Gasteiger partial charge >= 0.3 is 5.97 Å². The number of hydrogen-bond donors (Lipinski definition) is 2. The number of carboxylic acids is 1. The molecule has 3 aromatic rings. The number of nitrogens with zero attached hydrogens (tertiary/aromatic N) is 2. The first kappa shape index (κ1) is 19.9. The molecule has 1 fully saturated rings. The van der Waals surface area contributed by atoms with Gasteiger partial charge in [0.2, 0.25) is 0 Å². The lowest BCUT2D eigenvalue weighted by molar-refractivity contribution is 0.0702. The molecule has 1 aliphatic heterocycles. The number of nitrogens with one attached hydrogen (secondary N) is 1. The summed E-state index contributed by atoms with van der Waals surface area (Å²) in [6.45, 7) is 2.50. The van der Waals surface area contributed by atoms with Crippen molar-refractivity contribution < 1.29 is 14.6 Å². The van der Waals surface area contributed by atoms with Crippen LogP contribution in [-0.4, -0.2) is 39.7 Å². The summed E-state index contributed by atoms with van der Waals surface area (Å²) >= 11 is 1.19. The zero-order valence-corrected chi connectivity index (χ0v) is 15.8. The first-order chi connectivity index (χ1) is 11.2. The Morgan fingerprint density at radius 1 is 1.44 bits per heavy atom. The van der Waals surface area contributed by atoms with Crippen molar-refractivity contribution in [2.45, 2.75) is 25.5 Å². The highest BCUT2D eigenvalue weighted by Crippen LogP contribution is 2.24. The smallest absolute Gasteiger partial charge is 0.347 e. The Labute approximate surface area is 161 Å². The number of halogens is 2. The second-order valence-electron chi connectivity index (χ2n) is 5.75. The van der Waals surface area contributed by atoms with Crippen LogP contribution in [0.1, 0.15) is 28.1 Å². The number of fused-ring (bicyclic) bond motifs is 3. The Kier molecular flexibility index (Phi) is 6.65. The molecule has 1 aliphatic rings. The molecular weight excluding hydrogens is 385 g/mol. The maximum Gasteiger partial charge on any atom is 0.347 e. The fourth-order valence-electron chi connectivity index (χ4n) is 2.95. The number of aromatic carboxylic acids is 1. The molecule has 25 heavy (non-hydrogen) atoms. The number of aromatic nitrogens is 2. The summed E-state index contributed by atoms with van der Waals surface area (Å²) in [7, 11) is 0. The lowest BCUT2D eigenvalue weighted by Crippen LogP contribution is -2.25. The molecule has 6 nitrogen and oxygen atoms in total. The van der Waals surface area contributed by atoms with E-state index in [1.807, 2.05) is 10.5 Å². The fourth-order valence-corrected chi connectivity index (χ4v) is 3.78. The first-order valence-corrected chi connectivity index (χ1v) is 8.48. The van der Waals surface area contributed by atoms with Crippen LogP contribution in [0.4, 0.5) is 0 Å². The van der Waals surface area contributed by atoms with E-state index in [-0.39, 0.29) is 24.8 Å². The largest absolute Gasteiger partial charge is 0.477 e. The molecule has 1 atom stereocenters. The number of carbonyl (C=O) groups is 1. The second-order valence-corrected chi connectivity index (χ2v) is 6.76. The molecule has 0 amide bonds. The molecule has 0 radical (unpaired) electrons. The van der Waals surface area contributed by atoms with Crippen LogP contribution in [0.15, 0.2) is 24.4 Å². The molecule has 0 spiro atoms. The molecule has 0 unspecified atom stereocenters. The van der Waals surface area contributed by atoms with Crippen LogP contribution < -0.4 is 5.32 Å². The van der Waals surface area contributed by atoms with Gasteiger partial charge in [-0.25, -0.2) is 9.78 Å². The summed E-state index contributed by atoms with van der Waals surface area (Å²) in [5.74, 6) is -0.914. The maximum atomic E-state index is 11.1. The molecule has 0 saturated carbocycles. The summed E-state index contributed by atoms with van der Waals surface area (Å²) in [5.41, 5.74) is 2.98. The Morgan fingerprint density at radius 3 is 3.00 bits per heavy atom. The van der Waals surface area contributed by atoms with Crippen LogP contribution in [0.2, 0.25) is 0 Å². The van der Waals surface area contributed by atoms with Crippen LogP contribution in [0.25, 0.3) is 16.0 Å². The van der Waals surface area contributed by atoms with E-state index in [2.05, 4.69) is 22.4 Å². The average molecular weight is 404 g/mol. The number of benzene rings is 1. The number of hydrogen-bond acceptors (Lipinski definition) is 5. The third-order valence-electron chi connectivity index (χ3n) is 4.11. The van der Waals surface area contributed by atoms with E-state index >= 15 is 0 Å². The molecule has 1 aromatic carbocycles. The van der Waals surface area contributed by atoms with Crippen LogP contribution in [-0.2, 0) is 11.3 Å². The standard InChI is InChI=1S/C16H17N3O3S.2ClH/c20-15(21)14-9-19-13-6-10(3-4-12(13)18-16(19)23-14)7-17-8-11-2-1-5-22-11;;/h3-4,6,9,11,17H,1-2,5,7-8H2,(H,20,21);2*1H/t11-;;/m1../s1. The van der Waals surface area contributed by atoms with Gasteiger partial charge in [-0.15, -0.1) is 24.8 Å². The van der Waals surface area contributed by atoms with Crippen molar-refractivity contribution in [2.75, 3.05) is 13.2 Å². The predicted octanol–water partition coefficient (Wildman–Crippen LogP) is 3.36. The quantitative estimate of drug-likeness (QED) is 0.682. The Balaban J connectivity index is 0.00000113. The lowest BCUT2D eigenvalue weighted by Gasteiger charge is -2.10. The Morgan fingerprint density at radius 2 is 2.28 bits per heavy atom. The molecule has 3 heterocycles. The van der Waals surface area contributed by atoms with Crippen LogP contribution in [0, 0.1) is 0 Å². The lowest BCUT2D eigenvalue weighted by atomic mass is 10.2. The molecule has 0 bridgehead atoms. The summed E-state index contributed by atoms with van der Waals surface area (Å²) in [5, 5.41) is 12.5. The van der Waals surface area contributed by atoms with Gasteiger partial charge in [-0.05, 0) is 30.5 Å². The van der Waals surface area contributed by atoms with Gasteiger partial charge in [-0.3, -0.25) is 4.40 Å². The van der Waals surface area contributed by atoms with Crippen molar-refractivity contribution in [3.63, 3.8) is 0 Å². The molecule has 9 heteroatoms. The van der Waals surface area contributed by atoms with E-state index in [4.69, 9.17) is 9.84 Å². The topological polar surface area (TPSA) is 75.9 Å². The number of rotatable bonds is 5. The van der Waals surface area contributed by atoms with Crippen LogP contribution >= 0.6 is 36.2 Å². The Hall–Kier alpha value is -1.38. The van der Waals surface area contributed by atoms with Gasteiger partial charge < -0.3 is 15.2 Å². The van der Waals surface area contributed by atoms with Crippen molar-refractivity contribution in [2.24, 2.45) is 0 Å². The fraction of sp³-hybridized carbons (Fsp3) is 0.375. The molecule has 1 saturated heterocycles.